The van der Waals surface area contributed by atoms with Crippen LogP contribution in [0, 0.1) is 6.92 Å². The number of hydrogen-bond donors (Lipinski definition) is 0. The van der Waals surface area contributed by atoms with Crippen LogP contribution in [-0.4, -0.2) is 0 Å². The smallest absolute Gasteiger partial charge is 0.00725 e. The molecule has 0 fully saturated rings. The molecule has 0 aliphatic heterocycles. The predicted octanol–water partition coefficient (Wildman–Crippen LogP) is 4.46. The van der Waals surface area contributed by atoms with Crippen molar-refractivity contribution in [1.29, 1.82) is 0 Å². The molecule has 0 saturated carbocycles. The number of allylic oxidation sites excluding steroid dienone is 1. The molecule has 0 amide bonds. The van der Waals surface area contributed by atoms with Crippen molar-refractivity contribution in [2.24, 2.45) is 0 Å². The maximum atomic E-state index is 3.95. The van der Waals surface area contributed by atoms with Gasteiger partial charge in [0.05, 0.1) is 0 Å². The number of hydrogen-bond acceptors (Lipinski definition) is 0. The Morgan fingerprint density at radius 2 is 2.07 bits per heavy atom. The van der Waals surface area contributed by atoms with Crippen LogP contribution in [0.25, 0.3) is 0 Å². The quantitative estimate of drug-likeness (QED) is 0.618. The third-order valence-electron chi connectivity index (χ3n) is 2.71. The van der Waals surface area contributed by atoms with Crippen molar-refractivity contribution in [3.63, 3.8) is 0 Å². The van der Waals surface area contributed by atoms with Crippen molar-refractivity contribution in [2.75, 3.05) is 0 Å². The van der Waals surface area contributed by atoms with Gasteiger partial charge in [0, 0.05) is 0 Å². The van der Waals surface area contributed by atoms with Gasteiger partial charge in [0.1, 0.15) is 0 Å². The maximum Gasteiger partial charge on any atom is -0.00725 e. The number of rotatable bonds is 5. The van der Waals surface area contributed by atoms with E-state index >= 15 is 0 Å². The largest absolute Gasteiger partial charge is 0.0998 e. The molecule has 0 aromatic heterocycles. The Kier molecular flexibility index (Phi) is 4.61. The summed E-state index contributed by atoms with van der Waals surface area (Å²) in [6.45, 7) is 10.5. The van der Waals surface area contributed by atoms with Crippen LogP contribution in [0.1, 0.15) is 43.4 Å². The lowest BCUT2D eigenvalue weighted by Gasteiger charge is -2.08. The monoisotopic (exact) mass is 202 g/mol. The predicted molar refractivity (Wildman–Crippen MR) is 68.3 cm³/mol. The molecular formula is C15H22. The van der Waals surface area contributed by atoms with E-state index < -0.39 is 0 Å². The van der Waals surface area contributed by atoms with Gasteiger partial charge in [-0.15, -0.1) is 0 Å². The summed E-state index contributed by atoms with van der Waals surface area (Å²) in [4.78, 5) is 0. The van der Waals surface area contributed by atoms with Crippen molar-refractivity contribution >= 4 is 0 Å². The Morgan fingerprint density at radius 1 is 1.33 bits per heavy atom. The molecule has 0 aliphatic carbocycles. The third kappa shape index (κ3) is 3.91. The summed E-state index contributed by atoms with van der Waals surface area (Å²) in [5.41, 5.74) is 5.56. The van der Waals surface area contributed by atoms with E-state index in [1.807, 2.05) is 0 Å². The maximum absolute atomic E-state index is 3.95. The highest BCUT2D eigenvalue weighted by atomic mass is 14.1. The van der Waals surface area contributed by atoms with E-state index in [-0.39, 0.29) is 0 Å². The van der Waals surface area contributed by atoms with Gasteiger partial charge in [-0.1, -0.05) is 43.7 Å². The molecule has 15 heavy (non-hydrogen) atoms. The lowest BCUT2D eigenvalue weighted by atomic mass is 9.98. The SMILES string of the molecule is C=C(C)Cc1ccc(CCCC)c(C)c1. The average molecular weight is 202 g/mol. The molecule has 1 aromatic carbocycles. The minimum absolute atomic E-state index is 1.01. The molecule has 0 heteroatoms. The second-order valence-corrected chi connectivity index (χ2v) is 4.50. The summed E-state index contributed by atoms with van der Waals surface area (Å²) >= 11 is 0. The number of aryl methyl sites for hydroxylation is 2. The summed E-state index contributed by atoms with van der Waals surface area (Å²) < 4.78 is 0. The topological polar surface area (TPSA) is 0 Å². The van der Waals surface area contributed by atoms with E-state index in [9.17, 15) is 0 Å². The zero-order valence-electron chi connectivity index (χ0n) is 10.3. The molecule has 1 aromatic rings. The van der Waals surface area contributed by atoms with Crippen molar-refractivity contribution < 1.29 is 0 Å². The second kappa shape index (κ2) is 5.75. The molecule has 0 atom stereocenters. The van der Waals surface area contributed by atoms with E-state index in [4.69, 9.17) is 0 Å². The number of benzene rings is 1. The fourth-order valence-electron chi connectivity index (χ4n) is 1.86. The van der Waals surface area contributed by atoms with E-state index in [0.29, 0.717) is 0 Å². The molecule has 0 N–H and O–H groups in total. The van der Waals surface area contributed by atoms with Gasteiger partial charge >= 0.3 is 0 Å². The molecule has 0 aliphatic rings. The van der Waals surface area contributed by atoms with Gasteiger partial charge in [-0.25, -0.2) is 0 Å². The Balaban J connectivity index is 2.74. The van der Waals surface area contributed by atoms with Crippen LogP contribution in [0.5, 0.6) is 0 Å². The van der Waals surface area contributed by atoms with Crippen LogP contribution >= 0.6 is 0 Å². The first kappa shape index (κ1) is 12.0. The molecule has 0 nitrogen and oxygen atoms in total. The van der Waals surface area contributed by atoms with Gasteiger partial charge < -0.3 is 0 Å². The van der Waals surface area contributed by atoms with E-state index in [0.717, 1.165) is 6.42 Å². The van der Waals surface area contributed by atoms with Crippen molar-refractivity contribution in [2.45, 2.75) is 46.5 Å². The molecule has 0 saturated heterocycles. The fraction of sp³-hybridized carbons (Fsp3) is 0.467. The highest BCUT2D eigenvalue weighted by Crippen LogP contribution is 2.15. The Labute approximate surface area is 94.0 Å². The van der Waals surface area contributed by atoms with Crippen LogP contribution in [0.2, 0.25) is 0 Å². The molecule has 0 unspecified atom stereocenters. The average Bonchev–Trinajstić information content (AvgIpc) is 2.15. The van der Waals surface area contributed by atoms with Crippen LogP contribution in [-0.2, 0) is 12.8 Å². The van der Waals surface area contributed by atoms with Gasteiger partial charge in [0.25, 0.3) is 0 Å². The summed E-state index contributed by atoms with van der Waals surface area (Å²) in [6, 6.07) is 6.83. The van der Waals surface area contributed by atoms with Gasteiger partial charge in [0.15, 0.2) is 0 Å². The number of unbranched alkanes of at least 4 members (excludes halogenated alkanes) is 1. The van der Waals surface area contributed by atoms with Crippen molar-refractivity contribution in [3.8, 4) is 0 Å². The highest BCUT2D eigenvalue weighted by Gasteiger charge is 2.00. The van der Waals surface area contributed by atoms with E-state index in [1.54, 1.807) is 0 Å². The van der Waals surface area contributed by atoms with Crippen molar-refractivity contribution in [1.82, 2.24) is 0 Å². The summed E-state index contributed by atoms with van der Waals surface area (Å²) in [6.07, 6.45) is 4.79. The van der Waals surface area contributed by atoms with Gasteiger partial charge in [-0.3, -0.25) is 0 Å². The lowest BCUT2D eigenvalue weighted by molar-refractivity contribution is 0.791. The van der Waals surface area contributed by atoms with Gasteiger partial charge in [-0.2, -0.15) is 0 Å². The molecule has 0 heterocycles. The highest BCUT2D eigenvalue weighted by molar-refractivity contribution is 5.32. The zero-order valence-corrected chi connectivity index (χ0v) is 10.3. The van der Waals surface area contributed by atoms with Crippen LogP contribution in [0.15, 0.2) is 30.4 Å². The molecule has 1 rings (SSSR count). The van der Waals surface area contributed by atoms with Crippen LogP contribution in [0.3, 0.4) is 0 Å². The Morgan fingerprint density at radius 3 is 2.60 bits per heavy atom. The summed E-state index contributed by atoms with van der Waals surface area (Å²) in [5.74, 6) is 0. The van der Waals surface area contributed by atoms with Gasteiger partial charge in [-0.05, 0) is 49.8 Å². The Hall–Kier alpha value is -1.04. The first-order valence-electron chi connectivity index (χ1n) is 5.86. The molecule has 0 bridgehead atoms. The van der Waals surface area contributed by atoms with E-state index in [1.165, 1.54) is 41.5 Å². The second-order valence-electron chi connectivity index (χ2n) is 4.50. The summed E-state index contributed by atoms with van der Waals surface area (Å²) in [7, 11) is 0. The molecule has 0 spiro atoms. The first-order chi connectivity index (χ1) is 7.13. The van der Waals surface area contributed by atoms with Crippen LogP contribution < -0.4 is 0 Å². The van der Waals surface area contributed by atoms with E-state index in [2.05, 4.69) is 45.5 Å². The standard InChI is InChI=1S/C15H22/c1-5-6-7-15-9-8-14(10-12(2)3)11-13(15)4/h8-9,11H,2,5-7,10H2,1,3-4H3. The summed E-state index contributed by atoms with van der Waals surface area (Å²) in [5, 5.41) is 0. The molecular weight excluding hydrogens is 180 g/mol. The first-order valence-corrected chi connectivity index (χ1v) is 5.86. The minimum atomic E-state index is 1.01. The Bertz CT molecular complexity index is 334. The third-order valence-corrected chi connectivity index (χ3v) is 2.71. The zero-order chi connectivity index (χ0) is 11.3. The fourth-order valence-corrected chi connectivity index (χ4v) is 1.86. The molecule has 0 radical (unpaired) electrons. The van der Waals surface area contributed by atoms with Gasteiger partial charge in [0.2, 0.25) is 0 Å². The molecule has 82 valence electrons. The lowest BCUT2D eigenvalue weighted by Crippen LogP contribution is -1.93. The van der Waals surface area contributed by atoms with Crippen LogP contribution in [0.4, 0.5) is 0 Å². The minimum Gasteiger partial charge on any atom is -0.0998 e. The van der Waals surface area contributed by atoms with Crippen molar-refractivity contribution in [3.05, 3.63) is 47.0 Å². The normalized spacial score (nSPS) is 10.3.